The number of halogens is 1. The van der Waals surface area contributed by atoms with E-state index in [9.17, 15) is 4.79 Å². The highest BCUT2D eigenvalue weighted by atomic mass is 35.5. The average Bonchev–Trinajstić information content (AvgIpc) is 3.10. The van der Waals surface area contributed by atoms with Crippen LogP contribution in [-0.4, -0.2) is 37.6 Å². The minimum atomic E-state index is -0.106. The van der Waals surface area contributed by atoms with E-state index >= 15 is 0 Å². The van der Waals surface area contributed by atoms with E-state index in [0.717, 1.165) is 42.9 Å². The van der Waals surface area contributed by atoms with Gasteiger partial charge in [0.1, 0.15) is 5.75 Å². The Bertz CT molecular complexity index is 815. The molecule has 1 atom stereocenters. The van der Waals surface area contributed by atoms with E-state index in [1.165, 1.54) is 5.56 Å². The zero-order valence-corrected chi connectivity index (χ0v) is 15.6. The van der Waals surface area contributed by atoms with E-state index in [1.54, 1.807) is 7.11 Å². The summed E-state index contributed by atoms with van der Waals surface area (Å²) in [5.41, 5.74) is 3.30. The topological polar surface area (TPSA) is 41.6 Å². The predicted octanol–water partition coefficient (Wildman–Crippen LogP) is 4.26. The number of hydrogen-bond donors (Lipinski definition) is 1. The zero-order chi connectivity index (χ0) is 18.1. The Morgan fingerprint density at radius 2 is 1.92 bits per heavy atom. The van der Waals surface area contributed by atoms with E-state index in [4.69, 9.17) is 16.3 Å². The van der Waals surface area contributed by atoms with Crippen LogP contribution in [0.15, 0.2) is 42.5 Å². The Hall–Kier alpha value is -2.20. The molecule has 1 amide bonds. The lowest BCUT2D eigenvalue weighted by Crippen LogP contribution is -2.41. The van der Waals surface area contributed by atoms with Crippen molar-refractivity contribution in [2.24, 2.45) is 0 Å². The van der Waals surface area contributed by atoms with Gasteiger partial charge in [-0.3, -0.25) is 4.79 Å². The van der Waals surface area contributed by atoms with Crippen LogP contribution in [0.3, 0.4) is 0 Å². The van der Waals surface area contributed by atoms with Gasteiger partial charge >= 0.3 is 0 Å². The first kappa shape index (κ1) is 17.2. The number of ether oxygens (including phenoxy) is 1. The van der Waals surface area contributed by atoms with Gasteiger partial charge in [-0.2, -0.15) is 0 Å². The highest BCUT2D eigenvalue weighted by Crippen LogP contribution is 2.37. The number of nitrogens with zero attached hydrogens (tertiary/aromatic N) is 1. The van der Waals surface area contributed by atoms with Gasteiger partial charge in [0.25, 0.3) is 0 Å². The van der Waals surface area contributed by atoms with Gasteiger partial charge in [-0.05, 0) is 48.1 Å². The molecule has 5 heteroatoms. The van der Waals surface area contributed by atoms with E-state index in [-0.39, 0.29) is 11.8 Å². The van der Waals surface area contributed by atoms with Crippen molar-refractivity contribution < 1.29 is 9.53 Å². The van der Waals surface area contributed by atoms with Crippen LogP contribution in [0.5, 0.6) is 5.75 Å². The number of para-hydroxylation sites is 1. The van der Waals surface area contributed by atoms with Crippen molar-refractivity contribution in [1.29, 1.82) is 0 Å². The molecular weight excluding hydrogens is 348 g/mol. The summed E-state index contributed by atoms with van der Waals surface area (Å²) in [6.45, 7) is 2.24. The third-order valence-electron chi connectivity index (χ3n) is 5.57. The summed E-state index contributed by atoms with van der Waals surface area (Å²) in [4.78, 5) is 15.1. The molecule has 0 aromatic heterocycles. The van der Waals surface area contributed by atoms with Gasteiger partial charge in [0.05, 0.1) is 13.0 Å². The van der Waals surface area contributed by atoms with E-state index < -0.39 is 0 Å². The Morgan fingerprint density at radius 1 is 1.15 bits per heavy atom. The van der Waals surface area contributed by atoms with Gasteiger partial charge < -0.3 is 15.0 Å². The van der Waals surface area contributed by atoms with Crippen LogP contribution in [0.2, 0.25) is 5.02 Å². The molecule has 1 unspecified atom stereocenters. The lowest BCUT2D eigenvalue weighted by Gasteiger charge is -2.34. The largest absolute Gasteiger partial charge is 0.496 e. The van der Waals surface area contributed by atoms with Crippen LogP contribution in [0.25, 0.3) is 0 Å². The lowest BCUT2D eigenvalue weighted by molar-refractivity contribution is -0.133. The van der Waals surface area contributed by atoms with E-state index in [0.29, 0.717) is 17.5 Å². The molecule has 0 radical (unpaired) electrons. The Balaban J connectivity index is 1.43. The number of likely N-dealkylation sites (tertiary alicyclic amines) is 1. The monoisotopic (exact) mass is 370 g/mol. The molecule has 2 aromatic carbocycles. The molecule has 1 saturated heterocycles. The van der Waals surface area contributed by atoms with Crippen molar-refractivity contribution >= 4 is 23.2 Å². The van der Waals surface area contributed by atoms with Crippen molar-refractivity contribution in [2.75, 3.05) is 32.1 Å². The number of carbonyl (C=O) groups excluding carboxylic acids is 1. The van der Waals surface area contributed by atoms with Crippen LogP contribution in [-0.2, 0) is 4.79 Å². The molecule has 4 rings (SSSR count). The molecule has 0 bridgehead atoms. The Labute approximate surface area is 159 Å². The molecule has 0 saturated carbocycles. The first-order valence-corrected chi connectivity index (χ1v) is 9.50. The Morgan fingerprint density at radius 3 is 2.69 bits per heavy atom. The summed E-state index contributed by atoms with van der Waals surface area (Å²) in [7, 11) is 1.72. The SMILES string of the molecule is COc1ccccc1C1CCN(C(=O)C2CNc3cc(Cl)ccc32)CC1. The Kier molecular flexibility index (Phi) is 4.77. The van der Waals surface area contributed by atoms with Crippen molar-refractivity contribution in [3.8, 4) is 5.75 Å². The van der Waals surface area contributed by atoms with Crippen LogP contribution in [0.4, 0.5) is 5.69 Å². The standard InChI is InChI=1S/C21H23ClN2O2/c1-26-20-5-3-2-4-16(20)14-8-10-24(11-9-14)21(25)18-13-23-19-12-15(22)6-7-17(18)19/h2-7,12,14,18,23H,8-11,13H2,1H3. The first-order valence-electron chi connectivity index (χ1n) is 9.12. The van der Waals surface area contributed by atoms with Gasteiger partial charge in [-0.1, -0.05) is 35.9 Å². The average molecular weight is 371 g/mol. The molecule has 2 aliphatic rings. The van der Waals surface area contributed by atoms with Crippen LogP contribution in [0.1, 0.15) is 35.8 Å². The van der Waals surface area contributed by atoms with Crippen molar-refractivity contribution in [1.82, 2.24) is 4.90 Å². The highest BCUT2D eigenvalue weighted by Gasteiger charge is 2.34. The molecule has 136 valence electrons. The van der Waals surface area contributed by atoms with Gasteiger partial charge in [0, 0.05) is 30.3 Å². The minimum Gasteiger partial charge on any atom is -0.496 e. The predicted molar refractivity (Wildman–Crippen MR) is 104 cm³/mol. The number of methoxy groups -OCH3 is 1. The summed E-state index contributed by atoms with van der Waals surface area (Å²) >= 11 is 6.05. The second kappa shape index (κ2) is 7.20. The van der Waals surface area contributed by atoms with Crippen molar-refractivity contribution in [3.05, 3.63) is 58.6 Å². The third kappa shape index (κ3) is 3.14. The maximum atomic E-state index is 13.0. The fourth-order valence-electron chi connectivity index (χ4n) is 4.16. The number of rotatable bonds is 3. The highest BCUT2D eigenvalue weighted by molar-refractivity contribution is 6.30. The van der Waals surface area contributed by atoms with Crippen LogP contribution >= 0.6 is 11.6 Å². The summed E-state index contributed by atoms with van der Waals surface area (Å²) < 4.78 is 5.50. The quantitative estimate of drug-likeness (QED) is 0.877. The molecule has 2 heterocycles. The second-order valence-corrected chi connectivity index (χ2v) is 7.44. The molecule has 2 aromatic rings. The molecule has 1 N–H and O–H groups in total. The summed E-state index contributed by atoms with van der Waals surface area (Å²) in [5.74, 6) is 1.51. The number of hydrogen-bond acceptors (Lipinski definition) is 3. The van der Waals surface area contributed by atoms with Crippen LogP contribution < -0.4 is 10.1 Å². The second-order valence-electron chi connectivity index (χ2n) is 7.01. The third-order valence-corrected chi connectivity index (χ3v) is 5.81. The number of piperidine rings is 1. The van der Waals surface area contributed by atoms with Gasteiger partial charge in [0.2, 0.25) is 5.91 Å². The van der Waals surface area contributed by atoms with Gasteiger partial charge in [0.15, 0.2) is 0 Å². The summed E-state index contributed by atoms with van der Waals surface area (Å²) in [6.07, 6.45) is 1.94. The molecule has 1 fully saturated rings. The van der Waals surface area contributed by atoms with E-state index in [1.807, 2.05) is 35.2 Å². The summed E-state index contributed by atoms with van der Waals surface area (Å²) in [6, 6.07) is 13.9. The molecule has 0 spiro atoms. The molecule has 0 aliphatic carbocycles. The number of fused-ring (bicyclic) bond motifs is 1. The molecule has 2 aliphatic heterocycles. The summed E-state index contributed by atoms with van der Waals surface area (Å²) in [5, 5.41) is 4.01. The zero-order valence-electron chi connectivity index (χ0n) is 14.9. The maximum absolute atomic E-state index is 13.0. The number of nitrogens with one attached hydrogen (secondary N) is 1. The fraction of sp³-hybridized carbons (Fsp3) is 0.381. The minimum absolute atomic E-state index is 0.106. The van der Waals surface area contributed by atoms with E-state index in [2.05, 4.69) is 17.4 Å². The number of amides is 1. The number of carbonyl (C=O) groups is 1. The van der Waals surface area contributed by atoms with Gasteiger partial charge in [-0.25, -0.2) is 0 Å². The number of benzene rings is 2. The molecule has 4 nitrogen and oxygen atoms in total. The lowest BCUT2D eigenvalue weighted by atomic mass is 9.88. The maximum Gasteiger partial charge on any atom is 0.231 e. The van der Waals surface area contributed by atoms with Crippen molar-refractivity contribution in [3.63, 3.8) is 0 Å². The first-order chi connectivity index (χ1) is 12.7. The fourth-order valence-corrected chi connectivity index (χ4v) is 4.33. The molecular formula is C21H23ClN2O2. The number of anilines is 1. The molecule has 26 heavy (non-hydrogen) atoms. The van der Waals surface area contributed by atoms with Crippen molar-refractivity contribution in [2.45, 2.75) is 24.7 Å². The normalized spacial score (nSPS) is 19.8. The smallest absolute Gasteiger partial charge is 0.231 e. The van der Waals surface area contributed by atoms with Gasteiger partial charge in [-0.15, -0.1) is 0 Å². The van der Waals surface area contributed by atoms with Crippen LogP contribution in [0, 0.1) is 0 Å².